The van der Waals surface area contributed by atoms with Gasteiger partial charge in [-0.05, 0) is 44.4 Å². The number of ether oxygens (including phenoxy) is 2. The quantitative estimate of drug-likeness (QED) is 0.814. The van der Waals surface area contributed by atoms with Crippen LogP contribution >= 0.6 is 0 Å². The molecule has 2 rings (SSSR count). The van der Waals surface area contributed by atoms with Crippen LogP contribution in [0.15, 0.2) is 29.8 Å². The van der Waals surface area contributed by atoms with E-state index in [9.17, 15) is 5.11 Å². The van der Waals surface area contributed by atoms with E-state index in [0.29, 0.717) is 6.79 Å². The predicted molar refractivity (Wildman–Crippen MR) is 66.3 cm³/mol. The SMILES string of the molecule is C/C(=C/C(C)O)CCc1ccc2c(c1)OCO2. The number of rotatable bonds is 4. The second-order valence-electron chi connectivity index (χ2n) is 4.44. The third kappa shape index (κ3) is 3.24. The van der Waals surface area contributed by atoms with Crippen molar-refractivity contribution in [3.8, 4) is 11.5 Å². The van der Waals surface area contributed by atoms with Gasteiger partial charge in [0.25, 0.3) is 0 Å². The summed E-state index contributed by atoms with van der Waals surface area (Å²) in [5.74, 6) is 1.66. The van der Waals surface area contributed by atoms with E-state index in [-0.39, 0.29) is 6.10 Å². The molecule has 0 amide bonds. The van der Waals surface area contributed by atoms with Crippen LogP contribution in [0.2, 0.25) is 0 Å². The van der Waals surface area contributed by atoms with Crippen molar-refractivity contribution in [3.63, 3.8) is 0 Å². The normalized spacial score (nSPS) is 16.1. The van der Waals surface area contributed by atoms with E-state index >= 15 is 0 Å². The Bertz CT molecular complexity index is 421. The summed E-state index contributed by atoms with van der Waals surface area (Å²) in [4.78, 5) is 0. The fourth-order valence-corrected chi connectivity index (χ4v) is 1.93. The van der Waals surface area contributed by atoms with Crippen LogP contribution in [0.3, 0.4) is 0 Å². The molecular weight excluding hydrogens is 216 g/mol. The van der Waals surface area contributed by atoms with Gasteiger partial charge in [-0.25, -0.2) is 0 Å². The van der Waals surface area contributed by atoms with Crippen molar-refractivity contribution in [1.82, 2.24) is 0 Å². The third-order valence-electron chi connectivity index (χ3n) is 2.77. The molecule has 0 radical (unpaired) electrons. The van der Waals surface area contributed by atoms with Gasteiger partial charge in [0.05, 0.1) is 6.10 Å². The number of benzene rings is 1. The highest BCUT2D eigenvalue weighted by molar-refractivity contribution is 5.44. The van der Waals surface area contributed by atoms with Gasteiger partial charge in [0.15, 0.2) is 11.5 Å². The molecule has 1 aliphatic rings. The Balaban J connectivity index is 1.96. The van der Waals surface area contributed by atoms with Crippen LogP contribution in [-0.2, 0) is 6.42 Å². The van der Waals surface area contributed by atoms with Gasteiger partial charge in [-0.15, -0.1) is 0 Å². The van der Waals surface area contributed by atoms with Gasteiger partial charge >= 0.3 is 0 Å². The Morgan fingerprint density at radius 1 is 1.41 bits per heavy atom. The lowest BCUT2D eigenvalue weighted by molar-refractivity contribution is 0.174. The molecule has 0 saturated heterocycles. The summed E-state index contributed by atoms with van der Waals surface area (Å²) in [6.45, 7) is 4.13. The van der Waals surface area contributed by atoms with Gasteiger partial charge in [0, 0.05) is 0 Å². The number of aliphatic hydroxyl groups is 1. The van der Waals surface area contributed by atoms with Crippen molar-refractivity contribution < 1.29 is 14.6 Å². The summed E-state index contributed by atoms with van der Waals surface area (Å²) in [5.41, 5.74) is 2.44. The number of aliphatic hydroxyl groups excluding tert-OH is 1. The summed E-state index contributed by atoms with van der Waals surface area (Å²) < 4.78 is 10.6. The molecule has 1 aliphatic heterocycles. The van der Waals surface area contributed by atoms with Crippen LogP contribution < -0.4 is 9.47 Å². The average molecular weight is 234 g/mol. The predicted octanol–water partition coefficient (Wildman–Crippen LogP) is 2.68. The monoisotopic (exact) mass is 234 g/mol. The molecule has 17 heavy (non-hydrogen) atoms. The molecule has 0 spiro atoms. The van der Waals surface area contributed by atoms with E-state index in [1.54, 1.807) is 6.92 Å². The summed E-state index contributed by atoms with van der Waals surface area (Å²) in [6.07, 6.45) is 3.41. The van der Waals surface area contributed by atoms with Crippen molar-refractivity contribution >= 4 is 0 Å². The standard InChI is InChI=1S/C14H18O3/c1-10(7-11(2)15)3-4-12-5-6-13-14(8-12)17-9-16-13/h5-8,11,15H,3-4,9H2,1-2H3/b10-7-. The lowest BCUT2D eigenvalue weighted by Gasteiger charge is -2.05. The first-order chi connectivity index (χ1) is 8.15. The van der Waals surface area contributed by atoms with Crippen LogP contribution in [0.1, 0.15) is 25.8 Å². The number of allylic oxidation sites excluding steroid dienone is 1. The van der Waals surface area contributed by atoms with Gasteiger partial charge < -0.3 is 14.6 Å². The second-order valence-corrected chi connectivity index (χ2v) is 4.44. The topological polar surface area (TPSA) is 38.7 Å². The summed E-state index contributed by atoms with van der Waals surface area (Å²) in [7, 11) is 0. The lowest BCUT2D eigenvalue weighted by atomic mass is 10.0. The highest BCUT2D eigenvalue weighted by atomic mass is 16.7. The Morgan fingerprint density at radius 3 is 2.94 bits per heavy atom. The molecule has 1 aromatic rings. The maximum absolute atomic E-state index is 9.23. The number of hydrogen-bond acceptors (Lipinski definition) is 3. The maximum Gasteiger partial charge on any atom is 0.231 e. The van der Waals surface area contributed by atoms with Crippen molar-refractivity contribution in [2.45, 2.75) is 32.8 Å². The Labute approximate surface area is 102 Å². The molecule has 1 unspecified atom stereocenters. The molecular formula is C14H18O3. The summed E-state index contributed by atoms with van der Waals surface area (Å²) in [5, 5.41) is 9.23. The first-order valence-electron chi connectivity index (χ1n) is 5.89. The van der Waals surface area contributed by atoms with Crippen LogP contribution in [0.25, 0.3) is 0 Å². The van der Waals surface area contributed by atoms with E-state index in [1.165, 1.54) is 11.1 Å². The molecule has 92 valence electrons. The maximum atomic E-state index is 9.23. The summed E-state index contributed by atoms with van der Waals surface area (Å²) >= 11 is 0. The number of hydrogen-bond donors (Lipinski definition) is 1. The molecule has 0 saturated carbocycles. The van der Waals surface area contributed by atoms with Crippen LogP contribution in [0.5, 0.6) is 11.5 Å². The zero-order valence-corrected chi connectivity index (χ0v) is 10.3. The van der Waals surface area contributed by atoms with Crippen LogP contribution in [0.4, 0.5) is 0 Å². The molecule has 3 nitrogen and oxygen atoms in total. The smallest absolute Gasteiger partial charge is 0.231 e. The van der Waals surface area contributed by atoms with Crippen molar-refractivity contribution in [1.29, 1.82) is 0 Å². The molecule has 3 heteroatoms. The lowest BCUT2D eigenvalue weighted by Crippen LogP contribution is -1.96. The molecule has 0 fully saturated rings. The number of fused-ring (bicyclic) bond motifs is 1. The van der Waals surface area contributed by atoms with E-state index in [1.807, 2.05) is 25.1 Å². The largest absolute Gasteiger partial charge is 0.454 e. The Kier molecular flexibility index (Phi) is 3.69. The van der Waals surface area contributed by atoms with E-state index in [0.717, 1.165) is 24.3 Å². The van der Waals surface area contributed by atoms with Crippen LogP contribution in [-0.4, -0.2) is 18.0 Å². The Hall–Kier alpha value is -1.48. The minimum atomic E-state index is -0.369. The zero-order valence-electron chi connectivity index (χ0n) is 10.3. The van der Waals surface area contributed by atoms with E-state index < -0.39 is 0 Å². The average Bonchev–Trinajstić information content (AvgIpc) is 2.72. The minimum absolute atomic E-state index is 0.319. The van der Waals surface area contributed by atoms with Gasteiger partial charge in [-0.1, -0.05) is 17.7 Å². The van der Waals surface area contributed by atoms with Gasteiger partial charge in [-0.2, -0.15) is 0 Å². The molecule has 1 aromatic carbocycles. The molecule has 1 N–H and O–H groups in total. The Morgan fingerprint density at radius 2 is 2.18 bits per heavy atom. The van der Waals surface area contributed by atoms with Gasteiger partial charge in [-0.3, -0.25) is 0 Å². The number of aryl methyl sites for hydroxylation is 1. The minimum Gasteiger partial charge on any atom is -0.454 e. The van der Waals surface area contributed by atoms with E-state index in [2.05, 4.69) is 6.07 Å². The highest BCUT2D eigenvalue weighted by Gasteiger charge is 2.12. The van der Waals surface area contributed by atoms with Gasteiger partial charge in [0.1, 0.15) is 0 Å². The molecule has 0 aromatic heterocycles. The first-order valence-corrected chi connectivity index (χ1v) is 5.89. The molecule has 1 atom stereocenters. The van der Waals surface area contributed by atoms with E-state index in [4.69, 9.17) is 9.47 Å². The second kappa shape index (κ2) is 5.23. The molecule has 0 aliphatic carbocycles. The third-order valence-corrected chi connectivity index (χ3v) is 2.77. The molecule has 1 heterocycles. The van der Waals surface area contributed by atoms with Crippen LogP contribution in [0, 0.1) is 0 Å². The van der Waals surface area contributed by atoms with Crippen molar-refractivity contribution in [2.75, 3.05) is 6.79 Å². The first kappa shape index (κ1) is 12.0. The fraction of sp³-hybridized carbons (Fsp3) is 0.429. The summed E-state index contributed by atoms with van der Waals surface area (Å²) in [6, 6.07) is 6.03. The molecule has 0 bridgehead atoms. The van der Waals surface area contributed by atoms with Gasteiger partial charge in [0.2, 0.25) is 6.79 Å². The van der Waals surface area contributed by atoms with Crippen molar-refractivity contribution in [3.05, 3.63) is 35.4 Å². The van der Waals surface area contributed by atoms with Crippen molar-refractivity contribution in [2.24, 2.45) is 0 Å². The highest BCUT2D eigenvalue weighted by Crippen LogP contribution is 2.32. The zero-order chi connectivity index (χ0) is 12.3. The fourth-order valence-electron chi connectivity index (χ4n) is 1.93.